The largest absolute Gasteiger partial charge is 0.376 e. The molecule has 3 rings (SSSR count). The summed E-state index contributed by atoms with van der Waals surface area (Å²) < 4.78 is 5.53. The molecule has 0 radical (unpaired) electrons. The Balaban J connectivity index is 1.49. The van der Waals surface area contributed by atoms with Gasteiger partial charge in [0, 0.05) is 23.9 Å². The molecule has 1 saturated heterocycles. The van der Waals surface area contributed by atoms with Crippen molar-refractivity contribution in [3.8, 4) is 0 Å². The normalized spacial score (nSPS) is 16.0. The summed E-state index contributed by atoms with van der Waals surface area (Å²) in [5.41, 5.74) is 2.08. The van der Waals surface area contributed by atoms with Gasteiger partial charge in [-0.1, -0.05) is 35.9 Å². The van der Waals surface area contributed by atoms with Crippen LogP contribution in [0.4, 0.5) is 5.69 Å². The monoisotopic (exact) mass is 418 g/mol. The second-order valence-electron chi connectivity index (χ2n) is 6.56. The van der Waals surface area contributed by atoms with Crippen molar-refractivity contribution in [1.82, 2.24) is 5.32 Å². The minimum Gasteiger partial charge on any atom is -0.376 e. The highest BCUT2D eigenvalue weighted by atomic mass is 35.5. The van der Waals surface area contributed by atoms with E-state index >= 15 is 0 Å². The van der Waals surface area contributed by atoms with Crippen molar-refractivity contribution in [3.05, 3.63) is 64.7 Å². The van der Waals surface area contributed by atoms with Gasteiger partial charge >= 0.3 is 0 Å². The second kappa shape index (κ2) is 10.5. The first-order valence-corrected chi connectivity index (χ1v) is 10.8. The number of ether oxygens (including phenoxy) is 1. The summed E-state index contributed by atoms with van der Waals surface area (Å²) in [5.74, 6) is 0.668. The van der Waals surface area contributed by atoms with Crippen LogP contribution in [0.3, 0.4) is 0 Å². The lowest BCUT2D eigenvalue weighted by Gasteiger charge is -2.13. The van der Waals surface area contributed by atoms with Crippen molar-refractivity contribution in [3.63, 3.8) is 0 Å². The average molecular weight is 419 g/mol. The number of halogens is 1. The second-order valence-corrected chi connectivity index (χ2v) is 7.98. The molecule has 1 atom stereocenters. The topological polar surface area (TPSA) is 67.4 Å². The number of nitrogens with one attached hydrogen (secondary N) is 2. The molecule has 0 saturated carbocycles. The van der Waals surface area contributed by atoms with Crippen LogP contribution >= 0.6 is 23.4 Å². The number of benzene rings is 2. The van der Waals surface area contributed by atoms with Crippen LogP contribution in [0.25, 0.3) is 0 Å². The molecular weight excluding hydrogens is 396 g/mol. The number of carbonyl (C=O) groups excluding carboxylic acids is 2. The molecule has 2 aromatic carbocycles. The minimum absolute atomic E-state index is 0.0787. The van der Waals surface area contributed by atoms with Crippen LogP contribution in [0.5, 0.6) is 0 Å². The van der Waals surface area contributed by atoms with E-state index in [2.05, 4.69) is 10.6 Å². The molecule has 2 amide bonds. The van der Waals surface area contributed by atoms with E-state index in [1.807, 2.05) is 24.3 Å². The fraction of sp³-hybridized carbons (Fsp3) is 0.333. The van der Waals surface area contributed by atoms with Crippen molar-refractivity contribution in [2.24, 2.45) is 0 Å². The lowest BCUT2D eigenvalue weighted by atomic mass is 10.1. The van der Waals surface area contributed by atoms with Crippen LogP contribution in [0.15, 0.2) is 48.5 Å². The molecule has 0 unspecified atom stereocenters. The van der Waals surface area contributed by atoms with Crippen molar-refractivity contribution in [1.29, 1.82) is 0 Å². The third-order valence-corrected chi connectivity index (χ3v) is 5.63. The predicted molar refractivity (Wildman–Crippen MR) is 114 cm³/mol. The van der Waals surface area contributed by atoms with E-state index in [9.17, 15) is 9.59 Å². The highest BCUT2D eigenvalue weighted by Gasteiger charge is 2.18. The number of rotatable bonds is 8. The molecule has 1 fully saturated rings. The summed E-state index contributed by atoms with van der Waals surface area (Å²) >= 11 is 7.38. The van der Waals surface area contributed by atoms with E-state index in [0.717, 1.165) is 25.0 Å². The Morgan fingerprint density at radius 3 is 2.68 bits per heavy atom. The first kappa shape index (κ1) is 20.7. The summed E-state index contributed by atoms with van der Waals surface area (Å²) in [5, 5.41) is 6.43. The van der Waals surface area contributed by atoms with Crippen LogP contribution in [-0.2, 0) is 15.3 Å². The van der Waals surface area contributed by atoms with Crippen LogP contribution < -0.4 is 10.6 Å². The molecule has 7 heteroatoms. The maximum absolute atomic E-state index is 12.5. The summed E-state index contributed by atoms with van der Waals surface area (Å²) in [6.07, 6.45) is 2.07. The third-order valence-electron chi connectivity index (χ3n) is 4.38. The van der Waals surface area contributed by atoms with Gasteiger partial charge in [0.15, 0.2) is 0 Å². The first-order chi connectivity index (χ1) is 13.6. The zero-order valence-corrected chi connectivity index (χ0v) is 17.0. The molecule has 0 bridgehead atoms. The molecule has 0 spiro atoms. The van der Waals surface area contributed by atoms with E-state index in [1.54, 1.807) is 24.3 Å². The van der Waals surface area contributed by atoms with Crippen LogP contribution in [0.1, 0.15) is 28.8 Å². The highest BCUT2D eigenvalue weighted by molar-refractivity contribution is 7.99. The number of hydrogen-bond donors (Lipinski definition) is 2. The molecule has 2 aromatic rings. The zero-order chi connectivity index (χ0) is 19.8. The molecule has 1 heterocycles. The van der Waals surface area contributed by atoms with Gasteiger partial charge in [-0.2, -0.15) is 0 Å². The zero-order valence-electron chi connectivity index (χ0n) is 15.4. The number of thioether (sulfide) groups is 1. The lowest BCUT2D eigenvalue weighted by Crippen LogP contribution is -2.32. The van der Waals surface area contributed by atoms with Gasteiger partial charge in [0.05, 0.1) is 23.1 Å². The van der Waals surface area contributed by atoms with Gasteiger partial charge in [0.1, 0.15) is 0 Å². The van der Waals surface area contributed by atoms with Crippen molar-refractivity contribution in [2.45, 2.75) is 24.7 Å². The quantitative estimate of drug-likeness (QED) is 0.676. The molecule has 148 valence electrons. The predicted octanol–water partition coefficient (Wildman–Crippen LogP) is 4.12. The molecule has 5 nitrogen and oxygen atoms in total. The SMILES string of the molecule is O=C(CSCc1ccc(Cl)cc1)Nc1ccccc1C(=O)NC[C@H]1CCCO1. The summed E-state index contributed by atoms with van der Waals surface area (Å²) in [6.45, 7) is 1.24. The molecule has 2 N–H and O–H groups in total. The smallest absolute Gasteiger partial charge is 0.253 e. The molecule has 28 heavy (non-hydrogen) atoms. The van der Waals surface area contributed by atoms with E-state index in [0.29, 0.717) is 34.3 Å². The van der Waals surface area contributed by atoms with Crippen molar-refractivity contribution >= 4 is 40.9 Å². The Labute approximate surface area is 174 Å². The number of amides is 2. The van der Waals surface area contributed by atoms with Crippen molar-refractivity contribution < 1.29 is 14.3 Å². The molecule has 1 aliphatic rings. The fourth-order valence-corrected chi connectivity index (χ4v) is 3.84. The minimum atomic E-state index is -0.208. The molecule has 1 aliphatic heterocycles. The molecule has 0 aromatic heterocycles. The van der Waals surface area contributed by atoms with Gasteiger partial charge in [-0.15, -0.1) is 11.8 Å². The van der Waals surface area contributed by atoms with Gasteiger partial charge in [0.2, 0.25) is 5.91 Å². The Hall–Kier alpha value is -2.02. The van der Waals surface area contributed by atoms with Crippen LogP contribution in [-0.4, -0.2) is 36.8 Å². The lowest BCUT2D eigenvalue weighted by molar-refractivity contribution is -0.113. The van der Waals surface area contributed by atoms with Gasteiger partial charge in [-0.25, -0.2) is 0 Å². The third kappa shape index (κ3) is 6.26. The molecular formula is C21H23ClN2O3S. The Morgan fingerprint density at radius 2 is 1.93 bits per heavy atom. The Morgan fingerprint density at radius 1 is 1.14 bits per heavy atom. The first-order valence-electron chi connectivity index (χ1n) is 9.22. The summed E-state index contributed by atoms with van der Waals surface area (Å²) in [6, 6.07) is 14.6. The summed E-state index contributed by atoms with van der Waals surface area (Å²) in [7, 11) is 0. The van der Waals surface area contributed by atoms with Gasteiger partial charge < -0.3 is 15.4 Å². The summed E-state index contributed by atoms with van der Waals surface area (Å²) in [4.78, 5) is 24.8. The number of hydrogen-bond acceptors (Lipinski definition) is 4. The van der Waals surface area contributed by atoms with Gasteiger partial charge in [-0.3, -0.25) is 9.59 Å². The highest BCUT2D eigenvalue weighted by Crippen LogP contribution is 2.18. The van der Waals surface area contributed by atoms with Crippen LogP contribution in [0.2, 0.25) is 5.02 Å². The van der Waals surface area contributed by atoms with E-state index < -0.39 is 0 Å². The maximum atomic E-state index is 12.5. The van der Waals surface area contributed by atoms with Crippen LogP contribution in [0, 0.1) is 0 Å². The van der Waals surface area contributed by atoms with Gasteiger partial charge in [-0.05, 0) is 42.7 Å². The Bertz CT molecular complexity index is 808. The van der Waals surface area contributed by atoms with E-state index in [4.69, 9.17) is 16.3 Å². The van der Waals surface area contributed by atoms with Gasteiger partial charge in [0.25, 0.3) is 5.91 Å². The fourth-order valence-electron chi connectivity index (χ4n) is 2.93. The number of carbonyl (C=O) groups is 2. The van der Waals surface area contributed by atoms with E-state index in [-0.39, 0.29) is 17.9 Å². The van der Waals surface area contributed by atoms with Crippen molar-refractivity contribution in [2.75, 3.05) is 24.2 Å². The maximum Gasteiger partial charge on any atom is 0.253 e. The standard InChI is InChI=1S/C21H23ClN2O3S/c22-16-9-7-15(8-10-16)13-28-14-20(25)24-19-6-2-1-5-18(19)21(26)23-12-17-4-3-11-27-17/h1-2,5-10,17H,3-4,11-14H2,(H,23,26)(H,24,25)/t17-/m1/s1. The number of para-hydroxylation sites is 1. The Kier molecular flexibility index (Phi) is 7.77. The number of anilines is 1. The molecule has 0 aliphatic carbocycles. The average Bonchev–Trinajstić information content (AvgIpc) is 3.22. The van der Waals surface area contributed by atoms with E-state index in [1.165, 1.54) is 11.8 Å².